The number of aromatic nitrogens is 2. The van der Waals surface area contributed by atoms with Crippen LogP contribution in [-0.2, 0) is 0 Å². The van der Waals surface area contributed by atoms with E-state index >= 15 is 4.39 Å². The highest BCUT2D eigenvalue weighted by molar-refractivity contribution is 6.03. The number of rotatable bonds is 5. The summed E-state index contributed by atoms with van der Waals surface area (Å²) in [6.07, 6.45) is 12.5. The van der Waals surface area contributed by atoms with E-state index in [1.54, 1.807) is 18.2 Å². The topological polar surface area (TPSA) is 41.5 Å². The second kappa shape index (κ2) is 10.3. The Morgan fingerprint density at radius 2 is 1.83 bits per heavy atom. The van der Waals surface area contributed by atoms with Gasteiger partial charge >= 0.3 is 6.01 Å². The van der Waals surface area contributed by atoms with Crippen LogP contribution in [0, 0.1) is 29.9 Å². The fraction of sp³-hybridized carbons (Fsp3) is 0.412. The molecule has 0 radical (unpaired) electrons. The third-order valence-corrected chi connectivity index (χ3v) is 9.43. The van der Waals surface area contributed by atoms with Gasteiger partial charge in [-0.25, -0.2) is 8.78 Å². The molecule has 3 aromatic carbocycles. The number of hydrogen-bond acceptors (Lipinski definition) is 5. The van der Waals surface area contributed by atoms with E-state index in [0.29, 0.717) is 40.2 Å². The fourth-order valence-corrected chi connectivity index (χ4v) is 7.40. The minimum atomic E-state index is -0.500. The first-order valence-corrected chi connectivity index (χ1v) is 14.8. The summed E-state index contributed by atoms with van der Waals surface area (Å²) in [5.41, 5.74) is 1.23. The molecule has 5 nitrogen and oxygen atoms in total. The maximum absolute atomic E-state index is 16.7. The van der Waals surface area contributed by atoms with E-state index in [4.69, 9.17) is 16.1 Å². The molecule has 210 valence electrons. The summed E-state index contributed by atoms with van der Waals surface area (Å²) in [7, 11) is 0. The lowest BCUT2D eigenvalue weighted by Crippen LogP contribution is -2.43. The molecule has 3 aliphatic heterocycles. The first kappa shape index (κ1) is 26.2. The van der Waals surface area contributed by atoms with E-state index in [2.05, 4.69) is 27.6 Å². The largest absolute Gasteiger partial charge is 0.461 e. The molecule has 0 amide bonds. The SMILES string of the molecule is C#Cc1c(F)ccc2cccc(-c3ccc4c(N5CCCC(C)C5)nc(OCC56CCCN5CCC6)nc4c3F)c12. The van der Waals surface area contributed by atoms with Crippen molar-refractivity contribution in [1.82, 2.24) is 14.9 Å². The van der Waals surface area contributed by atoms with Gasteiger partial charge < -0.3 is 9.64 Å². The number of hydrogen-bond donors (Lipinski definition) is 0. The zero-order valence-electron chi connectivity index (χ0n) is 23.4. The standard InChI is InChI=1S/C34H34F2N4O/c1-3-24-28(35)14-11-23-9-4-10-25(29(23)24)26-12-13-27-31(30(26)36)37-33(38-32(27)39-17-5-8-22(2)20-39)41-21-34-15-6-18-40(34)19-7-16-34/h1,4,9-14,22H,5-8,15-21H2,2H3. The highest BCUT2D eigenvalue weighted by Crippen LogP contribution is 2.41. The van der Waals surface area contributed by atoms with Crippen LogP contribution in [0.3, 0.4) is 0 Å². The Kier molecular flexibility index (Phi) is 6.54. The van der Waals surface area contributed by atoms with Crippen LogP contribution in [0.1, 0.15) is 51.0 Å². The lowest BCUT2D eigenvalue weighted by Gasteiger charge is -2.33. The van der Waals surface area contributed by atoms with E-state index in [-0.39, 0.29) is 22.6 Å². The number of fused-ring (bicyclic) bond motifs is 3. The van der Waals surface area contributed by atoms with E-state index in [1.807, 2.05) is 18.2 Å². The summed E-state index contributed by atoms with van der Waals surface area (Å²) in [6, 6.07) is 12.3. The minimum Gasteiger partial charge on any atom is -0.461 e. The van der Waals surface area contributed by atoms with Crippen LogP contribution in [-0.4, -0.2) is 53.2 Å². The van der Waals surface area contributed by atoms with Crippen molar-refractivity contribution in [3.05, 3.63) is 59.7 Å². The highest BCUT2D eigenvalue weighted by atomic mass is 19.1. The van der Waals surface area contributed by atoms with Gasteiger partial charge in [-0.3, -0.25) is 4.90 Å². The van der Waals surface area contributed by atoms with Crippen LogP contribution in [0.25, 0.3) is 32.8 Å². The number of anilines is 1. The zero-order valence-corrected chi connectivity index (χ0v) is 23.4. The molecule has 1 aromatic heterocycles. The molecule has 1 unspecified atom stereocenters. The van der Waals surface area contributed by atoms with Crippen molar-refractivity contribution in [3.63, 3.8) is 0 Å². The third kappa shape index (κ3) is 4.40. The van der Waals surface area contributed by atoms with Gasteiger partial charge in [0.2, 0.25) is 0 Å². The molecule has 0 saturated carbocycles. The van der Waals surface area contributed by atoms with Gasteiger partial charge in [-0.15, -0.1) is 6.42 Å². The summed E-state index contributed by atoms with van der Waals surface area (Å²) in [6.45, 7) is 6.64. The van der Waals surface area contributed by atoms with Crippen LogP contribution in [0.4, 0.5) is 14.6 Å². The van der Waals surface area contributed by atoms with E-state index in [0.717, 1.165) is 57.2 Å². The summed E-state index contributed by atoms with van der Waals surface area (Å²) < 4.78 is 37.7. The quantitative estimate of drug-likeness (QED) is 0.251. The first-order valence-electron chi connectivity index (χ1n) is 14.8. The van der Waals surface area contributed by atoms with Gasteiger partial charge in [-0.05, 0) is 80.6 Å². The molecule has 7 heteroatoms. The van der Waals surface area contributed by atoms with Gasteiger partial charge in [0.25, 0.3) is 0 Å². The van der Waals surface area contributed by atoms with Crippen molar-refractivity contribution >= 4 is 27.5 Å². The molecular weight excluding hydrogens is 518 g/mol. The molecule has 1 atom stereocenters. The Morgan fingerprint density at radius 1 is 1.00 bits per heavy atom. The van der Waals surface area contributed by atoms with Crippen LogP contribution < -0.4 is 9.64 Å². The highest BCUT2D eigenvalue weighted by Gasteiger charge is 2.45. The number of nitrogens with zero attached hydrogens (tertiary/aromatic N) is 4. The lowest BCUT2D eigenvalue weighted by atomic mass is 9.93. The molecule has 3 fully saturated rings. The molecule has 4 aromatic rings. The van der Waals surface area contributed by atoms with Crippen molar-refractivity contribution in [2.24, 2.45) is 5.92 Å². The molecule has 0 N–H and O–H groups in total. The third-order valence-electron chi connectivity index (χ3n) is 9.43. The molecule has 3 saturated heterocycles. The van der Waals surface area contributed by atoms with E-state index in [1.165, 1.54) is 18.9 Å². The summed E-state index contributed by atoms with van der Waals surface area (Å²) in [4.78, 5) is 14.3. The molecular formula is C34H34F2N4O. The fourth-order valence-electron chi connectivity index (χ4n) is 7.40. The Labute approximate surface area is 239 Å². The minimum absolute atomic E-state index is 0.0250. The van der Waals surface area contributed by atoms with E-state index < -0.39 is 11.6 Å². The van der Waals surface area contributed by atoms with Gasteiger partial charge in [0.1, 0.15) is 23.8 Å². The van der Waals surface area contributed by atoms with Crippen molar-refractivity contribution in [3.8, 4) is 29.5 Å². The van der Waals surface area contributed by atoms with Gasteiger partial charge in [0.15, 0.2) is 5.82 Å². The molecule has 3 aliphatic rings. The predicted octanol–water partition coefficient (Wildman–Crippen LogP) is 6.95. The Balaban J connectivity index is 1.37. The summed E-state index contributed by atoms with van der Waals surface area (Å²) in [5, 5.41) is 1.92. The number of halogens is 2. The second-order valence-electron chi connectivity index (χ2n) is 12.0. The molecule has 41 heavy (non-hydrogen) atoms. The average molecular weight is 553 g/mol. The maximum Gasteiger partial charge on any atom is 0.319 e. The molecule has 0 spiro atoms. The number of piperidine rings is 1. The second-order valence-corrected chi connectivity index (χ2v) is 12.0. The molecule has 0 aliphatic carbocycles. The first-order chi connectivity index (χ1) is 20.0. The van der Waals surface area contributed by atoms with Crippen LogP contribution in [0.5, 0.6) is 6.01 Å². The summed E-state index contributed by atoms with van der Waals surface area (Å²) >= 11 is 0. The van der Waals surface area contributed by atoms with Gasteiger partial charge in [0, 0.05) is 29.4 Å². The number of ether oxygens (including phenoxy) is 1. The monoisotopic (exact) mass is 552 g/mol. The number of terminal acetylenes is 1. The predicted molar refractivity (Wildman–Crippen MR) is 159 cm³/mol. The average Bonchev–Trinajstić information content (AvgIpc) is 3.57. The van der Waals surface area contributed by atoms with Gasteiger partial charge in [0.05, 0.1) is 11.1 Å². The van der Waals surface area contributed by atoms with Crippen LogP contribution >= 0.6 is 0 Å². The van der Waals surface area contributed by atoms with Crippen molar-refractivity contribution < 1.29 is 13.5 Å². The van der Waals surface area contributed by atoms with Gasteiger partial charge in [-0.2, -0.15) is 9.97 Å². The van der Waals surface area contributed by atoms with Crippen molar-refractivity contribution in [2.75, 3.05) is 37.7 Å². The van der Waals surface area contributed by atoms with Crippen molar-refractivity contribution in [1.29, 1.82) is 0 Å². The zero-order chi connectivity index (χ0) is 28.1. The van der Waals surface area contributed by atoms with Crippen LogP contribution in [0.15, 0.2) is 42.5 Å². The maximum atomic E-state index is 16.7. The smallest absolute Gasteiger partial charge is 0.319 e. The Morgan fingerprint density at radius 3 is 2.61 bits per heavy atom. The Hall–Kier alpha value is -3.76. The molecule has 0 bridgehead atoms. The Bertz CT molecular complexity index is 1690. The summed E-state index contributed by atoms with van der Waals surface area (Å²) in [5.74, 6) is 2.72. The lowest BCUT2D eigenvalue weighted by molar-refractivity contribution is 0.108. The van der Waals surface area contributed by atoms with Gasteiger partial charge in [-0.1, -0.05) is 43.2 Å². The molecule has 4 heterocycles. The van der Waals surface area contributed by atoms with E-state index in [9.17, 15) is 4.39 Å². The normalized spacial score (nSPS) is 20.4. The van der Waals surface area contributed by atoms with Crippen LogP contribution in [0.2, 0.25) is 0 Å². The molecule has 7 rings (SSSR count). The number of benzene rings is 3. The van der Waals surface area contributed by atoms with Crippen molar-refractivity contribution in [2.45, 2.75) is 51.0 Å².